The number of para-hydroxylation sites is 1. The van der Waals surface area contributed by atoms with Crippen molar-refractivity contribution >= 4 is 43.2 Å². The normalized spacial score (nSPS) is 9.07. The lowest BCUT2D eigenvalue weighted by Gasteiger charge is -2.04. The number of carbonyl (C=O) groups is 2. The zero-order valence-electron chi connectivity index (χ0n) is 16.7. The second-order valence-electron chi connectivity index (χ2n) is 4.45. The maximum Gasteiger partial charge on any atom is 0.239 e. The second-order valence-corrected chi connectivity index (χ2v) is 5.13. The number of benzene rings is 1. The van der Waals surface area contributed by atoms with E-state index >= 15 is 0 Å². The Bertz CT molecular complexity index is 728. The van der Waals surface area contributed by atoms with Gasteiger partial charge in [0.05, 0.1) is 21.0 Å². The number of hydrogen-bond donors (Lipinski definition) is 6. The smallest absolute Gasteiger partial charge is 0.239 e. The van der Waals surface area contributed by atoms with Gasteiger partial charge in [-0.25, -0.2) is 4.98 Å². The summed E-state index contributed by atoms with van der Waals surface area (Å²) in [6, 6.07) is 9.80. The number of rotatable bonds is 4. The molecule has 0 spiro atoms. The third kappa shape index (κ3) is 10.4. The second kappa shape index (κ2) is 16.4. The first-order valence-electron chi connectivity index (χ1n) is 8.69. The molecule has 9 nitrogen and oxygen atoms in total. The Morgan fingerprint density at radius 3 is 2.04 bits per heavy atom. The van der Waals surface area contributed by atoms with Crippen molar-refractivity contribution in [2.75, 3.05) is 29.1 Å². The summed E-state index contributed by atoms with van der Waals surface area (Å²) in [4.78, 5) is 34.1. The Labute approximate surface area is 167 Å². The SMILES string of the molecule is CC.CC.NCC(=O)Nc1ccc(N)c(N)n1.Nc1ccccc1C(=O)PO. The minimum Gasteiger partial charge on any atom is -0.398 e. The van der Waals surface area contributed by atoms with Gasteiger partial charge in [0.2, 0.25) is 11.4 Å². The molecule has 0 bridgehead atoms. The van der Waals surface area contributed by atoms with Crippen LogP contribution in [0.2, 0.25) is 0 Å². The van der Waals surface area contributed by atoms with Crippen molar-refractivity contribution < 1.29 is 14.5 Å². The molecular weight excluding hydrogens is 379 g/mol. The van der Waals surface area contributed by atoms with Gasteiger partial charge in [0, 0.05) is 11.3 Å². The van der Waals surface area contributed by atoms with E-state index in [-0.39, 0.29) is 23.8 Å². The molecule has 2 rings (SSSR count). The van der Waals surface area contributed by atoms with Gasteiger partial charge in [0.1, 0.15) is 11.6 Å². The molecule has 1 aromatic heterocycles. The Hall–Kier alpha value is -2.74. The minimum absolute atomic E-state index is 0.0913. The average Bonchev–Trinajstić information content (AvgIpc) is 2.74. The first kappa shape index (κ1) is 27.5. The Morgan fingerprint density at radius 1 is 1.00 bits per heavy atom. The van der Waals surface area contributed by atoms with Crippen molar-refractivity contribution in [3.63, 3.8) is 0 Å². The van der Waals surface area contributed by atoms with E-state index in [1.165, 1.54) is 0 Å². The molecule has 1 aromatic carbocycles. The molecule has 1 atom stereocenters. The number of nitrogens with two attached hydrogens (primary N) is 4. The molecule has 0 aliphatic rings. The third-order valence-corrected chi connectivity index (χ3v) is 3.19. The number of nitrogen functional groups attached to an aromatic ring is 3. The van der Waals surface area contributed by atoms with Crippen molar-refractivity contribution in [1.29, 1.82) is 0 Å². The fraction of sp³-hybridized carbons (Fsp3) is 0.278. The molecule has 28 heavy (non-hydrogen) atoms. The number of amides is 1. The number of anilines is 4. The lowest BCUT2D eigenvalue weighted by atomic mass is 10.2. The predicted octanol–water partition coefficient (Wildman–Crippen LogP) is 2.19. The predicted molar refractivity (Wildman–Crippen MR) is 119 cm³/mol. The summed E-state index contributed by atoms with van der Waals surface area (Å²) in [6.45, 7) is 7.91. The highest BCUT2D eigenvalue weighted by Gasteiger charge is 2.06. The summed E-state index contributed by atoms with van der Waals surface area (Å²) >= 11 is 0. The van der Waals surface area contributed by atoms with Gasteiger partial charge in [-0.15, -0.1) is 0 Å². The fourth-order valence-electron chi connectivity index (χ4n) is 1.51. The lowest BCUT2D eigenvalue weighted by molar-refractivity contribution is -0.114. The maximum absolute atomic E-state index is 10.9. The van der Waals surface area contributed by atoms with Gasteiger partial charge in [0.25, 0.3) is 0 Å². The molecule has 0 aliphatic heterocycles. The summed E-state index contributed by atoms with van der Waals surface area (Å²) in [5.41, 5.74) is 22.3. The van der Waals surface area contributed by atoms with Crippen LogP contribution in [0.1, 0.15) is 38.1 Å². The lowest BCUT2D eigenvalue weighted by Crippen LogP contribution is -2.22. The molecule has 0 radical (unpaired) electrons. The maximum atomic E-state index is 10.9. The number of pyridine rings is 1. The Kier molecular flexibility index (Phi) is 16.1. The summed E-state index contributed by atoms with van der Waals surface area (Å²) in [5, 5.41) is 2.45. The molecule has 1 amide bonds. The first-order valence-corrected chi connectivity index (χ1v) is 9.64. The first-order chi connectivity index (χ1) is 13.4. The van der Waals surface area contributed by atoms with E-state index in [9.17, 15) is 9.59 Å². The van der Waals surface area contributed by atoms with Gasteiger partial charge in [-0.05, 0) is 24.3 Å². The third-order valence-electron chi connectivity index (χ3n) is 2.72. The van der Waals surface area contributed by atoms with E-state index in [0.717, 1.165) is 0 Å². The van der Waals surface area contributed by atoms with Crippen LogP contribution in [0.3, 0.4) is 0 Å². The summed E-state index contributed by atoms with van der Waals surface area (Å²) in [6.07, 6.45) is 0. The molecule has 0 aliphatic carbocycles. The number of aromatic nitrogens is 1. The van der Waals surface area contributed by atoms with E-state index in [2.05, 4.69) is 10.3 Å². The summed E-state index contributed by atoms with van der Waals surface area (Å²) in [5.74, 6) is 0.216. The summed E-state index contributed by atoms with van der Waals surface area (Å²) < 4.78 is 0. The topological polar surface area (TPSA) is 183 Å². The molecule has 1 unspecified atom stereocenters. The molecular formula is C18H31N6O3P. The zero-order valence-corrected chi connectivity index (χ0v) is 17.7. The molecule has 1 heterocycles. The average molecular weight is 410 g/mol. The molecule has 10 N–H and O–H groups in total. The van der Waals surface area contributed by atoms with Crippen LogP contribution in [0.4, 0.5) is 23.0 Å². The van der Waals surface area contributed by atoms with E-state index < -0.39 is 8.81 Å². The van der Waals surface area contributed by atoms with Crippen LogP contribution in [-0.2, 0) is 4.79 Å². The highest BCUT2D eigenvalue weighted by atomic mass is 31.1. The monoisotopic (exact) mass is 410 g/mol. The van der Waals surface area contributed by atoms with Crippen LogP contribution >= 0.6 is 8.81 Å². The van der Waals surface area contributed by atoms with Crippen LogP contribution in [0, 0.1) is 0 Å². The van der Waals surface area contributed by atoms with E-state index in [1.807, 2.05) is 27.7 Å². The van der Waals surface area contributed by atoms with Gasteiger partial charge in [-0.2, -0.15) is 0 Å². The van der Waals surface area contributed by atoms with Gasteiger partial charge >= 0.3 is 0 Å². The van der Waals surface area contributed by atoms with Crippen molar-refractivity contribution in [3.05, 3.63) is 42.0 Å². The molecule has 2 aromatic rings. The van der Waals surface area contributed by atoms with E-state index in [4.69, 9.17) is 27.8 Å². The van der Waals surface area contributed by atoms with Crippen molar-refractivity contribution in [3.8, 4) is 0 Å². The molecule has 0 saturated carbocycles. The molecule has 156 valence electrons. The molecule has 10 heteroatoms. The highest BCUT2D eigenvalue weighted by molar-refractivity contribution is 7.53. The minimum atomic E-state index is -0.714. The van der Waals surface area contributed by atoms with Crippen molar-refractivity contribution in [1.82, 2.24) is 4.98 Å². The number of carbonyl (C=O) groups excluding carboxylic acids is 2. The number of nitrogens with zero attached hydrogens (tertiary/aromatic N) is 1. The number of nitrogens with one attached hydrogen (secondary N) is 1. The van der Waals surface area contributed by atoms with E-state index in [1.54, 1.807) is 36.4 Å². The highest BCUT2D eigenvalue weighted by Crippen LogP contribution is 2.19. The zero-order chi connectivity index (χ0) is 22.1. The van der Waals surface area contributed by atoms with Gasteiger partial charge in [0.15, 0.2) is 0 Å². The van der Waals surface area contributed by atoms with Crippen LogP contribution in [0.15, 0.2) is 36.4 Å². The van der Waals surface area contributed by atoms with Gasteiger partial charge in [-0.1, -0.05) is 39.8 Å². The Balaban J connectivity index is 0. The fourth-order valence-corrected chi connectivity index (χ4v) is 1.86. The quantitative estimate of drug-likeness (QED) is 0.327. The number of hydrogen-bond acceptors (Lipinski definition) is 8. The van der Waals surface area contributed by atoms with Gasteiger partial charge < -0.3 is 33.1 Å². The van der Waals surface area contributed by atoms with Crippen LogP contribution < -0.4 is 28.3 Å². The standard InChI is InChI=1S/C7H11N5O.C7H8NO2P.2C2H6/c8-3-6(13)11-5-2-1-4(9)7(10)12-5;8-6-4-2-1-3-5(6)7(9)11-10;2*1-2/h1-2H,3,8-9H2,(H3,10,11,12,13);1-4,10-11H,8H2;2*1-2H3. The Morgan fingerprint density at radius 2 is 1.57 bits per heavy atom. The molecule has 0 saturated heterocycles. The molecule has 0 fully saturated rings. The van der Waals surface area contributed by atoms with Crippen LogP contribution in [-0.4, -0.2) is 27.9 Å². The largest absolute Gasteiger partial charge is 0.398 e. The van der Waals surface area contributed by atoms with E-state index in [0.29, 0.717) is 22.8 Å². The summed E-state index contributed by atoms with van der Waals surface area (Å²) in [7, 11) is -0.714. The van der Waals surface area contributed by atoms with Crippen molar-refractivity contribution in [2.45, 2.75) is 27.7 Å². The van der Waals surface area contributed by atoms with Crippen molar-refractivity contribution in [2.24, 2.45) is 5.73 Å². The van der Waals surface area contributed by atoms with Crippen LogP contribution in [0.5, 0.6) is 0 Å². The van der Waals surface area contributed by atoms with Gasteiger partial charge in [-0.3, -0.25) is 9.59 Å². The van der Waals surface area contributed by atoms with Crippen LogP contribution in [0.25, 0.3) is 0 Å².